The topological polar surface area (TPSA) is 231 Å². The Labute approximate surface area is 268 Å². The molecular formula is C23H27N11O8P2S2. The number of hydrogen-bond acceptors (Lipinski definition) is 15. The van der Waals surface area contributed by atoms with Crippen LogP contribution in [0, 0.1) is 17.8 Å². The number of imidazole rings is 2. The summed E-state index contributed by atoms with van der Waals surface area (Å²) in [6, 6.07) is -0.260. The first-order chi connectivity index (χ1) is 22.0. The number of nitrogens with two attached hydrogens (primary N) is 1. The standard InChI is InChI=1S/C23H27N11O8P2S2/c1-10-17-14(41-22(10)33-8-27-15-18(24)25-6-26-19(15)33)5-40-43(36,45)39-4-12-11(3-38-44(37,46)42-17)2-13(12)32-7-28-16-20(32)30-23-31-29-9-34(23)21(16)35/h6-14,17,22H,2-5H2,1H3,(H,30,31)(H,36,45)(H,37,46)(H2,24,25,26)/t10-,11-,12-,13-,14-,17+,22-,43+,44+/m1/s1. The quantitative estimate of drug-likeness (QED) is 0.152. The van der Waals surface area contributed by atoms with E-state index in [4.69, 9.17) is 28.6 Å². The van der Waals surface area contributed by atoms with E-state index in [1.54, 1.807) is 15.5 Å². The monoisotopic (exact) mass is 711 g/mol. The number of H-pyrrole nitrogens is 1. The number of nitrogens with one attached hydrogen (secondary N) is 1. The third kappa shape index (κ3) is 5.09. The Balaban J connectivity index is 1.06. The van der Waals surface area contributed by atoms with Gasteiger partial charge in [0.1, 0.15) is 42.3 Å². The van der Waals surface area contributed by atoms with Crippen molar-refractivity contribution >= 4 is 72.0 Å². The molecular weight excluding hydrogens is 684 g/mol. The highest BCUT2D eigenvalue weighted by Crippen LogP contribution is 2.61. The van der Waals surface area contributed by atoms with E-state index in [2.05, 4.69) is 59.6 Å². The summed E-state index contributed by atoms with van der Waals surface area (Å²) >= 11 is 8.51. The Hall–Kier alpha value is -2.87. The Bertz CT molecular complexity index is 2140. The number of hydrogen-bond donors (Lipinski definition) is 4. The van der Waals surface area contributed by atoms with Crippen LogP contribution in [-0.2, 0) is 32.0 Å². The van der Waals surface area contributed by atoms with Crippen molar-refractivity contribution in [2.45, 2.75) is 37.8 Å². The van der Waals surface area contributed by atoms with Gasteiger partial charge in [-0.2, -0.15) is 0 Å². The first-order valence-corrected chi connectivity index (χ1v) is 19.5. The molecule has 5 aromatic heterocycles. The maximum atomic E-state index is 13.6. The van der Waals surface area contributed by atoms with Gasteiger partial charge in [0.2, 0.25) is 5.78 Å². The van der Waals surface area contributed by atoms with Crippen LogP contribution in [-0.4, -0.2) is 80.7 Å². The van der Waals surface area contributed by atoms with Gasteiger partial charge in [0.15, 0.2) is 17.0 Å². The zero-order valence-electron chi connectivity index (χ0n) is 23.8. The average molecular weight is 712 g/mol. The maximum absolute atomic E-state index is 13.6. The number of nitrogen functional groups attached to an aromatic ring is 1. The number of nitrogens with zero attached hydrogens (tertiary/aromatic N) is 9. The van der Waals surface area contributed by atoms with Gasteiger partial charge >= 0.3 is 13.6 Å². The highest BCUT2D eigenvalue weighted by Gasteiger charge is 2.50. The van der Waals surface area contributed by atoms with E-state index in [-0.39, 0.29) is 60.4 Å². The summed E-state index contributed by atoms with van der Waals surface area (Å²) in [5.41, 5.74) is 7.05. The van der Waals surface area contributed by atoms with Crippen LogP contribution in [0.1, 0.15) is 25.6 Å². The highest BCUT2D eigenvalue weighted by molar-refractivity contribution is 8.44. The predicted octanol–water partition coefficient (Wildman–Crippen LogP) is 2.42. The second kappa shape index (κ2) is 11.1. The molecule has 1 saturated carbocycles. The van der Waals surface area contributed by atoms with Crippen molar-refractivity contribution < 1.29 is 32.0 Å². The van der Waals surface area contributed by atoms with Gasteiger partial charge in [0, 0.05) is 17.9 Å². The first kappa shape index (κ1) is 30.5. The van der Waals surface area contributed by atoms with E-state index in [0.717, 1.165) is 0 Å². The lowest BCUT2D eigenvalue weighted by Crippen LogP contribution is -2.43. The molecule has 1 aliphatic carbocycles. The number of aromatic nitrogens is 10. The fourth-order valence-electron chi connectivity index (χ4n) is 6.43. The van der Waals surface area contributed by atoms with Crippen LogP contribution in [0.4, 0.5) is 5.82 Å². The van der Waals surface area contributed by atoms with Crippen molar-refractivity contribution in [3.63, 3.8) is 0 Å². The molecule has 2 saturated heterocycles. The van der Waals surface area contributed by atoms with Crippen molar-refractivity contribution in [1.29, 1.82) is 0 Å². The predicted molar refractivity (Wildman–Crippen MR) is 166 cm³/mol. The van der Waals surface area contributed by atoms with Crippen molar-refractivity contribution in [1.82, 2.24) is 48.7 Å². The summed E-state index contributed by atoms with van der Waals surface area (Å²) in [7, 11) is 0. The number of fused-ring (bicyclic) bond motifs is 5. The van der Waals surface area contributed by atoms with Crippen LogP contribution < -0.4 is 11.3 Å². The second-order valence-electron chi connectivity index (χ2n) is 11.4. The van der Waals surface area contributed by atoms with Gasteiger partial charge in [0.05, 0.1) is 32.5 Å². The van der Waals surface area contributed by atoms with E-state index in [0.29, 0.717) is 23.2 Å². The summed E-state index contributed by atoms with van der Waals surface area (Å²) in [5, 5.41) is 7.72. The molecule has 3 aliphatic rings. The SMILES string of the molecule is C[C@@H]1[C@@H]2O[P@@](=O)(S)OC[C@H]3C[C@@H](n4cnc5c(=O)n6cnnc6[nH]c54)[C@@H]3CO[P@](=O)(S)OC[C@H]2O[C@H]1n1cnc2c(N)ncnc21. The molecule has 0 spiro atoms. The Kier molecular flexibility index (Phi) is 7.35. The molecule has 7 heterocycles. The molecule has 0 aromatic carbocycles. The lowest BCUT2D eigenvalue weighted by atomic mass is 9.70. The second-order valence-corrected chi connectivity index (χ2v) is 17.2. The summed E-state index contributed by atoms with van der Waals surface area (Å²) in [4.78, 5) is 32.8. The van der Waals surface area contributed by atoms with Crippen molar-refractivity contribution in [2.75, 3.05) is 25.6 Å². The molecule has 244 valence electrons. The summed E-state index contributed by atoms with van der Waals surface area (Å²) in [5.74, 6) is -0.528. The van der Waals surface area contributed by atoms with E-state index < -0.39 is 37.9 Å². The van der Waals surface area contributed by atoms with Crippen LogP contribution in [0.15, 0.2) is 30.1 Å². The van der Waals surface area contributed by atoms with Gasteiger partial charge in [-0.1, -0.05) is 31.4 Å². The summed E-state index contributed by atoms with van der Waals surface area (Å²) < 4.78 is 61.3. The van der Waals surface area contributed by atoms with E-state index >= 15 is 0 Å². The molecule has 0 bridgehead atoms. The minimum absolute atomic E-state index is 0.000976. The number of thiol groups is 2. The molecule has 0 amide bonds. The van der Waals surface area contributed by atoms with Crippen molar-refractivity contribution in [3.05, 3.63) is 35.7 Å². The molecule has 3 N–H and O–H groups in total. The average Bonchev–Trinajstić information content (AvgIpc) is 3.79. The molecule has 0 radical (unpaired) electrons. The van der Waals surface area contributed by atoms with E-state index in [1.165, 1.54) is 23.4 Å². The van der Waals surface area contributed by atoms with Crippen LogP contribution >= 0.6 is 38.1 Å². The van der Waals surface area contributed by atoms with E-state index in [9.17, 15) is 13.9 Å². The number of anilines is 1. The highest BCUT2D eigenvalue weighted by atomic mass is 32.7. The normalized spacial score (nSPS) is 35.7. The number of aromatic amines is 1. The molecule has 2 aliphatic heterocycles. The van der Waals surface area contributed by atoms with Crippen molar-refractivity contribution in [3.8, 4) is 0 Å². The number of ether oxygens (including phenoxy) is 1. The Morgan fingerprint density at radius 3 is 2.59 bits per heavy atom. The van der Waals surface area contributed by atoms with Gasteiger partial charge in [0.25, 0.3) is 5.56 Å². The van der Waals surface area contributed by atoms with Gasteiger partial charge in [-0.25, -0.2) is 33.5 Å². The number of rotatable bonds is 2. The molecule has 0 unspecified atom stereocenters. The summed E-state index contributed by atoms with van der Waals surface area (Å²) in [6.45, 7) is -6.38. The lowest BCUT2D eigenvalue weighted by molar-refractivity contribution is -0.0388. The van der Waals surface area contributed by atoms with Crippen molar-refractivity contribution in [2.24, 2.45) is 17.8 Å². The maximum Gasteiger partial charge on any atom is 0.386 e. The Morgan fingerprint density at radius 2 is 1.74 bits per heavy atom. The first-order valence-electron chi connectivity index (χ1n) is 14.1. The van der Waals surface area contributed by atoms with Crippen LogP contribution in [0.5, 0.6) is 0 Å². The minimum atomic E-state index is -3.95. The third-order valence-corrected chi connectivity index (χ3v) is 12.1. The molecule has 3 fully saturated rings. The van der Waals surface area contributed by atoms with Gasteiger partial charge in [-0.05, 0) is 12.3 Å². The molecule has 23 heteroatoms. The largest absolute Gasteiger partial charge is 0.386 e. The van der Waals surface area contributed by atoms with Gasteiger partial charge in [-0.3, -0.25) is 18.4 Å². The fourth-order valence-corrected chi connectivity index (χ4v) is 9.21. The molecule has 5 aromatic rings. The zero-order chi connectivity index (χ0) is 32.0. The minimum Gasteiger partial charge on any atom is -0.382 e. The molecule has 46 heavy (non-hydrogen) atoms. The molecule has 19 nitrogen and oxygen atoms in total. The van der Waals surface area contributed by atoms with Gasteiger partial charge < -0.3 is 29.1 Å². The smallest absolute Gasteiger partial charge is 0.382 e. The third-order valence-electron chi connectivity index (χ3n) is 8.84. The lowest BCUT2D eigenvalue weighted by Gasteiger charge is -2.45. The van der Waals surface area contributed by atoms with E-state index in [1.807, 2.05) is 6.92 Å². The fraction of sp³-hybridized carbons (Fsp3) is 0.522. The van der Waals surface area contributed by atoms with Crippen LogP contribution in [0.25, 0.3) is 28.1 Å². The molecule has 9 atom stereocenters. The Morgan fingerprint density at radius 1 is 0.978 bits per heavy atom. The van der Waals surface area contributed by atoms with Crippen LogP contribution in [0.3, 0.4) is 0 Å². The van der Waals surface area contributed by atoms with Gasteiger partial charge in [-0.15, -0.1) is 10.2 Å². The molecule has 8 rings (SSSR count). The van der Waals surface area contributed by atoms with Crippen LogP contribution in [0.2, 0.25) is 0 Å². The summed E-state index contributed by atoms with van der Waals surface area (Å²) in [6.07, 6.45) is 3.76. The zero-order valence-corrected chi connectivity index (χ0v) is 27.4.